The number of hydrogen-bond acceptors (Lipinski definition) is 5. The fourth-order valence-electron chi connectivity index (χ4n) is 3.41. The minimum absolute atomic E-state index is 0.0804. The normalized spacial score (nSPS) is 16.5. The van der Waals surface area contributed by atoms with Gasteiger partial charge in [0.25, 0.3) is 5.91 Å². The lowest BCUT2D eigenvalue weighted by Crippen LogP contribution is -2.47. The summed E-state index contributed by atoms with van der Waals surface area (Å²) >= 11 is 0. The van der Waals surface area contributed by atoms with Crippen LogP contribution >= 0.6 is 0 Å². The summed E-state index contributed by atoms with van der Waals surface area (Å²) in [5.74, 6) is 0.136. The number of fused-ring (bicyclic) bond motifs is 1. The van der Waals surface area contributed by atoms with Crippen LogP contribution in [0.25, 0.3) is 11.0 Å². The Balaban J connectivity index is 1.79. The number of piperidine rings is 1. The third-order valence-electron chi connectivity index (χ3n) is 4.97. The van der Waals surface area contributed by atoms with Gasteiger partial charge in [0.1, 0.15) is 5.58 Å². The molecule has 1 amide bonds. The maximum Gasteiger partial charge on any atom is 0.289 e. The number of ether oxygens (including phenoxy) is 1. The van der Waals surface area contributed by atoms with Gasteiger partial charge >= 0.3 is 0 Å². The Bertz CT molecular complexity index is 897. The van der Waals surface area contributed by atoms with E-state index in [1.54, 1.807) is 19.1 Å². The van der Waals surface area contributed by atoms with Gasteiger partial charge in [-0.3, -0.25) is 4.79 Å². The molecule has 0 bridgehead atoms. The van der Waals surface area contributed by atoms with Crippen LogP contribution in [0.2, 0.25) is 0 Å². The van der Waals surface area contributed by atoms with E-state index in [4.69, 9.17) is 9.15 Å². The number of furan rings is 1. The van der Waals surface area contributed by atoms with Crippen LogP contribution in [0.15, 0.2) is 28.7 Å². The predicted octanol–water partition coefficient (Wildman–Crippen LogP) is 2.08. The molecule has 0 aliphatic carbocycles. The number of rotatable bonds is 5. The molecule has 1 aromatic carbocycles. The van der Waals surface area contributed by atoms with Gasteiger partial charge in [-0.25, -0.2) is 12.7 Å². The Kier molecular flexibility index (Phi) is 5.36. The molecule has 26 heavy (non-hydrogen) atoms. The van der Waals surface area contributed by atoms with Gasteiger partial charge in [-0.15, -0.1) is 0 Å². The topological polar surface area (TPSA) is 80.1 Å². The summed E-state index contributed by atoms with van der Waals surface area (Å²) in [7, 11) is -0.0523. The summed E-state index contributed by atoms with van der Waals surface area (Å²) in [5.41, 5.74) is 1.41. The summed E-state index contributed by atoms with van der Waals surface area (Å²) in [6.07, 6.45) is 2.42. The van der Waals surface area contributed by atoms with Crippen LogP contribution in [0.4, 0.5) is 0 Å². The van der Waals surface area contributed by atoms with Crippen molar-refractivity contribution < 1.29 is 22.4 Å². The maximum absolute atomic E-state index is 13.0. The number of benzene rings is 1. The summed E-state index contributed by atoms with van der Waals surface area (Å²) in [4.78, 5) is 14.7. The van der Waals surface area contributed by atoms with Crippen LogP contribution in [-0.2, 0) is 21.4 Å². The molecule has 1 aliphatic rings. The average molecular weight is 380 g/mol. The average Bonchev–Trinajstić information content (AvgIpc) is 2.99. The number of methoxy groups -OCH3 is 1. The zero-order valence-electron chi connectivity index (χ0n) is 15.3. The molecule has 0 spiro atoms. The molecular weight excluding hydrogens is 356 g/mol. The predicted molar refractivity (Wildman–Crippen MR) is 98.5 cm³/mol. The first-order chi connectivity index (χ1) is 12.3. The molecule has 8 heteroatoms. The summed E-state index contributed by atoms with van der Waals surface area (Å²) in [6.45, 7) is 1.28. The van der Waals surface area contributed by atoms with Crippen LogP contribution in [0.5, 0.6) is 0 Å². The first-order valence-corrected chi connectivity index (χ1v) is 10.4. The van der Waals surface area contributed by atoms with E-state index in [0.29, 0.717) is 43.9 Å². The smallest absolute Gasteiger partial charge is 0.289 e. The lowest BCUT2D eigenvalue weighted by molar-refractivity contribution is 0.0650. The number of sulfonamides is 1. The molecular formula is C18H24N2O5S. The van der Waals surface area contributed by atoms with Gasteiger partial charge in [0, 0.05) is 44.2 Å². The summed E-state index contributed by atoms with van der Waals surface area (Å²) < 4.78 is 35.9. The third kappa shape index (κ3) is 3.62. The van der Waals surface area contributed by atoms with E-state index in [9.17, 15) is 13.2 Å². The first kappa shape index (κ1) is 18.9. The van der Waals surface area contributed by atoms with Crippen LogP contribution in [0, 0.1) is 0 Å². The van der Waals surface area contributed by atoms with E-state index >= 15 is 0 Å². The highest BCUT2D eigenvalue weighted by Gasteiger charge is 2.31. The number of para-hydroxylation sites is 1. The van der Waals surface area contributed by atoms with Crippen molar-refractivity contribution >= 4 is 26.9 Å². The number of nitrogens with zero attached hydrogens (tertiary/aromatic N) is 2. The Morgan fingerprint density at radius 2 is 1.96 bits per heavy atom. The molecule has 2 aromatic rings. The minimum Gasteiger partial charge on any atom is -0.451 e. The standard InChI is InChI=1S/C18H24N2O5S/c1-19(26(3,22)23)13-8-10-20(11-9-13)18(21)17-15(12-24-2)14-6-4-5-7-16(14)25-17/h4-7,13H,8-12H2,1-3H3. The molecule has 2 heterocycles. The molecule has 0 atom stereocenters. The molecule has 0 N–H and O–H groups in total. The SMILES string of the molecule is COCc1c(C(=O)N2CCC(N(C)S(C)(=O)=O)CC2)oc2ccccc12. The molecule has 0 unspecified atom stereocenters. The molecule has 142 valence electrons. The molecule has 7 nitrogen and oxygen atoms in total. The number of carbonyl (C=O) groups is 1. The lowest BCUT2D eigenvalue weighted by Gasteiger charge is -2.35. The Morgan fingerprint density at radius 3 is 2.58 bits per heavy atom. The molecule has 1 fully saturated rings. The second-order valence-corrected chi connectivity index (χ2v) is 8.68. The van der Waals surface area contributed by atoms with Crippen LogP contribution < -0.4 is 0 Å². The van der Waals surface area contributed by atoms with Crippen LogP contribution in [0.3, 0.4) is 0 Å². The van der Waals surface area contributed by atoms with Crippen molar-refractivity contribution in [2.24, 2.45) is 0 Å². The summed E-state index contributed by atoms with van der Waals surface area (Å²) in [5, 5.41) is 0.879. The largest absolute Gasteiger partial charge is 0.451 e. The highest BCUT2D eigenvalue weighted by molar-refractivity contribution is 7.88. The second-order valence-electron chi connectivity index (χ2n) is 6.64. The van der Waals surface area contributed by atoms with E-state index in [2.05, 4.69) is 0 Å². The molecule has 1 saturated heterocycles. The third-order valence-corrected chi connectivity index (χ3v) is 6.31. The van der Waals surface area contributed by atoms with E-state index in [-0.39, 0.29) is 11.9 Å². The van der Waals surface area contributed by atoms with Crippen LogP contribution in [-0.4, -0.2) is 63.1 Å². The van der Waals surface area contributed by atoms with Crippen molar-refractivity contribution in [3.8, 4) is 0 Å². The number of amides is 1. The van der Waals surface area contributed by atoms with E-state index < -0.39 is 10.0 Å². The van der Waals surface area contributed by atoms with Gasteiger partial charge in [-0.05, 0) is 18.9 Å². The highest BCUT2D eigenvalue weighted by atomic mass is 32.2. The van der Waals surface area contributed by atoms with Gasteiger partial charge in [0.05, 0.1) is 12.9 Å². The minimum atomic E-state index is -3.23. The summed E-state index contributed by atoms with van der Waals surface area (Å²) in [6, 6.07) is 7.43. The quantitative estimate of drug-likeness (QED) is 0.793. The maximum atomic E-state index is 13.0. The highest BCUT2D eigenvalue weighted by Crippen LogP contribution is 2.28. The van der Waals surface area contributed by atoms with Gasteiger partial charge < -0.3 is 14.1 Å². The van der Waals surface area contributed by atoms with Crippen molar-refractivity contribution in [1.29, 1.82) is 0 Å². The van der Waals surface area contributed by atoms with Gasteiger partial charge in [-0.1, -0.05) is 18.2 Å². The zero-order chi connectivity index (χ0) is 18.9. The number of hydrogen-bond donors (Lipinski definition) is 0. The van der Waals surface area contributed by atoms with Crippen molar-refractivity contribution in [2.75, 3.05) is 33.5 Å². The monoisotopic (exact) mass is 380 g/mol. The van der Waals surface area contributed by atoms with Gasteiger partial charge in [0.15, 0.2) is 5.76 Å². The fourth-order valence-corrected chi connectivity index (χ4v) is 4.16. The van der Waals surface area contributed by atoms with Crippen molar-refractivity contribution in [2.45, 2.75) is 25.5 Å². The Hall–Kier alpha value is -1.90. The molecule has 1 aromatic heterocycles. The van der Waals surface area contributed by atoms with Gasteiger partial charge in [0.2, 0.25) is 10.0 Å². The Morgan fingerprint density at radius 1 is 1.31 bits per heavy atom. The Labute approximate surface area is 153 Å². The van der Waals surface area contributed by atoms with E-state index in [1.807, 2.05) is 24.3 Å². The van der Waals surface area contributed by atoms with Crippen LogP contribution in [0.1, 0.15) is 29.0 Å². The molecule has 0 radical (unpaired) electrons. The number of carbonyl (C=O) groups excluding carboxylic acids is 1. The first-order valence-electron chi connectivity index (χ1n) is 8.54. The number of likely N-dealkylation sites (tertiary alicyclic amines) is 1. The van der Waals surface area contributed by atoms with E-state index in [0.717, 1.165) is 10.9 Å². The molecule has 0 saturated carbocycles. The zero-order valence-corrected chi connectivity index (χ0v) is 16.1. The molecule has 3 rings (SSSR count). The lowest BCUT2D eigenvalue weighted by atomic mass is 10.0. The second kappa shape index (κ2) is 7.38. The van der Waals surface area contributed by atoms with Crippen molar-refractivity contribution in [3.05, 3.63) is 35.6 Å². The van der Waals surface area contributed by atoms with Gasteiger partial charge in [-0.2, -0.15) is 0 Å². The van der Waals surface area contributed by atoms with Crippen molar-refractivity contribution in [3.63, 3.8) is 0 Å². The molecule has 1 aliphatic heterocycles. The fraction of sp³-hybridized carbons (Fsp3) is 0.500. The van der Waals surface area contributed by atoms with E-state index in [1.165, 1.54) is 10.6 Å². The van der Waals surface area contributed by atoms with Crippen molar-refractivity contribution in [1.82, 2.24) is 9.21 Å².